The van der Waals surface area contributed by atoms with Crippen LogP contribution in [0.15, 0.2) is 48.5 Å². The zero-order chi connectivity index (χ0) is 12.5. The fourth-order valence-electron chi connectivity index (χ4n) is 2.93. The maximum absolute atomic E-state index is 6.43. The molecule has 0 saturated carbocycles. The van der Waals surface area contributed by atoms with Gasteiger partial charge >= 0.3 is 0 Å². The molecule has 18 heavy (non-hydrogen) atoms. The Morgan fingerprint density at radius 2 is 1.78 bits per heavy atom. The first kappa shape index (κ1) is 11.8. The maximum atomic E-state index is 6.43. The van der Waals surface area contributed by atoms with Crippen LogP contribution in [0.25, 0.3) is 0 Å². The molecule has 1 nitrogen and oxygen atoms in total. The van der Waals surface area contributed by atoms with Gasteiger partial charge in [0.15, 0.2) is 0 Å². The summed E-state index contributed by atoms with van der Waals surface area (Å²) >= 11 is 6.24. The number of rotatable bonds is 2. The largest absolute Gasteiger partial charge is 0.323 e. The van der Waals surface area contributed by atoms with Crippen LogP contribution in [-0.2, 0) is 6.42 Å². The highest BCUT2D eigenvalue weighted by molar-refractivity contribution is 6.31. The van der Waals surface area contributed by atoms with Crippen LogP contribution in [0.5, 0.6) is 0 Å². The van der Waals surface area contributed by atoms with Gasteiger partial charge in [-0.3, -0.25) is 0 Å². The lowest BCUT2D eigenvalue weighted by molar-refractivity contribution is 0.551. The number of nitrogens with two attached hydrogens (primary N) is 1. The van der Waals surface area contributed by atoms with Crippen molar-refractivity contribution in [3.8, 4) is 0 Å². The Bertz CT molecular complexity index is 565. The van der Waals surface area contributed by atoms with Crippen LogP contribution < -0.4 is 5.73 Å². The highest BCUT2D eigenvalue weighted by atomic mass is 35.5. The van der Waals surface area contributed by atoms with Crippen molar-refractivity contribution in [2.24, 2.45) is 5.73 Å². The van der Waals surface area contributed by atoms with Crippen LogP contribution in [0.2, 0.25) is 5.02 Å². The lowest BCUT2D eigenvalue weighted by Crippen LogP contribution is -2.18. The molecular weight excluding hydrogens is 242 g/mol. The number of fused-ring (bicyclic) bond motifs is 1. The molecule has 1 aliphatic rings. The molecule has 2 aromatic rings. The Hall–Kier alpha value is -1.31. The van der Waals surface area contributed by atoms with E-state index in [2.05, 4.69) is 24.3 Å². The predicted octanol–water partition coefficient (Wildman–Crippen LogP) is 4.07. The summed E-state index contributed by atoms with van der Waals surface area (Å²) in [6.07, 6.45) is 2.24. The first-order valence-corrected chi connectivity index (χ1v) is 6.73. The van der Waals surface area contributed by atoms with Crippen LogP contribution in [0, 0.1) is 0 Å². The Morgan fingerprint density at radius 3 is 2.61 bits per heavy atom. The van der Waals surface area contributed by atoms with Gasteiger partial charge in [0.2, 0.25) is 0 Å². The van der Waals surface area contributed by atoms with E-state index in [9.17, 15) is 0 Å². The summed E-state index contributed by atoms with van der Waals surface area (Å²) in [4.78, 5) is 0. The zero-order valence-corrected chi connectivity index (χ0v) is 10.9. The summed E-state index contributed by atoms with van der Waals surface area (Å²) in [5, 5.41) is 0.773. The summed E-state index contributed by atoms with van der Waals surface area (Å²) in [6, 6.07) is 16.5. The molecule has 0 spiro atoms. The topological polar surface area (TPSA) is 26.0 Å². The fourth-order valence-corrected chi connectivity index (χ4v) is 3.19. The standard InChI is InChI=1S/C16H16ClN/c17-15-8-4-3-7-14(15)16(18)13-10-9-11-5-1-2-6-12(11)13/h1-8,13,16H,9-10,18H2. The molecule has 0 amide bonds. The van der Waals surface area contributed by atoms with Crippen molar-refractivity contribution in [1.29, 1.82) is 0 Å². The second-order valence-electron chi connectivity index (χ2n) is 4.89. The van der Waals surface area contributed by atoms with Gasteiger partial charge in [0.1, 0.15) is 0 Å². The van der Waals surface area contributed by atoms with E-state index in [4.69, 9.17) is 17.3 Å². The van der Waals surface area contributed by atoms with Crippen molar-refractivity contribution < 1.29 is 0 Å². The number of hydrogen-bond donors (Lipinski definition) is 1. The molecule has 0 aliphatic heterocycles. The normalized spacial score (nSPS) is 19.6. The van der Waals surface area contributed by atoms with Crippen molar-refractivity contribution >= 4 is 11.6 Å². The van der Waals surface area contributed by atoms with Crippen LogP contribution in [-0.4, -0.2) is 0 Å². The molecule has 2 unspecified atom stereocenters. The molecule has 0 fully saturated rings. The minimum atomic E-state index is -0.0117. The van der Waals surface area contributed by atoms with Gasteiger partial charge in [-0.2, -0.15) is 0 Å². The van der Waals surface area contributed by atoms with Crippen molar-refractivity contribution in [3.63, 3.8) is 0 Å². The summed E-state index contributed by atoms with van der Waals surface area (Å²) < 4.78 is 0. The smallest absolute Gasteiger partial charge is 0.0453 e. The average Bonchev–Trinajstić information content (AvgIpc) is 2.82. The van der Waals surface area contributed by atoms with Crippen molar-refractivity contribution in [1.82, 2.24) is 0 Å². The monoisotopic (exact) mass is 257 g/mol. The average molecular weight is 258 g/mol. The van der Waals surface area contributed by atoms with Gasteiger partial charge in [-0.25, -0.2) is 0 Å². The minimum Gasteiger partial charge on any atom is -0.323 e. The van der Waals surface area contributed by atoms with Crippen molar-refractivity contribution in [2.75, 3.05) is 0 Å². The Balaban J connectivity index is 1.96. The van der Waals surface area contributed by atoms with E-state index >= 15 is 0 Å². The maximum Gasteiger partial charge on any atom is 0.0453 e. The van der Waals surface area contributed by atoms with E-state index in [1.54, 1.807) is 0 Å². The summed E-state index contributed by atoms with van der Waals surface area (Å²) in [7, 11) is 0. The highest BCUT2D eigenvalue weighted by Gasteiger charge is 2.28. The molecule has 0 radical (unpaired) electrons. The number of halogens is 1. The molecule has 92 valence electrons. The lowest BCUT2D eigenvalue weighted by Gasteiger charge is -2.21. The van der Waals surface area contributed by atoms with Crippen molar-refractivity contribution in [3.05, 3.63) is 70.2 Å². The molecule has 3 rings (SSSR count). The first-order valence-electron chi connectivity index (χ1n) is 6.35. The molecule has 2 heteroatoms. The van der Waals surface area contributed by atoms with Crippen molar-refractivity contribution in [2.45, 2.75) is 24.8 Å². The van der Waals surface area contributed by atoms with Gasteiger partial charge in [-0.1, -0.05) is 54.1 Å². The van der Waals surface area contributed by atoms with Gasteiger partial charge in [-0.15, -0.1) is 0 Å². The second kappa shape index (κ2) is 4.75. The Labute approximate surface area is 113 Å². The predicted molar refractivity (Wildman–Crippen MR) is 75.9 cm³/mol. The molecule has 0 heterocycles. The van der Waals surface area contributed by atoms with Gasteiger partial charge in [-0.05, 0) is 35.6 Å². The quantitative estimate of drug-likeness (QED) is 0.862. The molecule has 1 aliphatic carbocycles. The van der Waals surface area contributed by atoms with Gasteiger partial charge in [0.05, 0.1) is 0 Å². The second-order valence-corrected chi connectivity index (χ2v) is 5.30. The summed E-state index contributed by atoms with van der Waals surface area (Å²) in [5.74, 6) is 0.390. The SMILES string of the molecule is NC(c1ccccc1Cl)C1CCc2ccccc21. The minimum absolute atomic E-state index is 0.0117. The van der Waals surface area contributed by atoms with Crippen LogP contribution in [0.3, 0.4) is 0 Å². The van der Waals surface area contributed by atoms with Gasteiger partial charge in [0.25, 0.3) is 0 Å². The van der Waals surface area contributed by atoms with Gasteiger partial charge < -0.3 is 5.73 Å². The van der Waals surface area contributed by atoms with E-state index in [0.717, 1.165) is 23.4 Å². The highest BCUT2D eigenvalue weighted by Crippen LogP contribution is 2.41. The molecular formula is C16H16ClN. The van der Waals surface area contributed by atoms with Crippen LogP contribution >= 0.6 is 11.6 Å². The van der Waals surface area contributed by atoms with E-state index < -0.39 is 0 Å². The molecule has 2 atom stereocenters. The van der Waals surface area contributed by atoms with E-state index in [0.29, 0.717) is 5.92 Å². The van der Waals surface area contributed by atoms with Gasteiger partial charge in [0, 0.05) is 17.0 Å². The number of hydrogen-bond acceptors (Lipinski definition) is 1. The first-order chi connectivity index (χ1) is 8.77. The van der Waals surface area contributed by atoms with Crippen LogP contribution in [0.1, 0.15) is 35.1 Å². The molecule has 0 saturated heterocycles. The zero-order valence-electron chi connectivity index (χ0n) is 10.1. The third kappa shape index (κ3) is 1.94. The van der Waals surface area contributed by atoms with E-state index in [1.165, 1.54) is 11.1 Å². The Kier molecular flexibility index (Phi) is 3.11. The molecule has 2 aromatic carbocycles. The number of aryl methyl sites for hydroxylation is 1. The lowest BCUT2D eigenvalue weighted by atomic mass is 9.89. The molecule has 0 bridgehead atoms. The third-order valence-electron chi connectivity index (χ3n) is 3.88. The van der Waals surface area contributed by atoms with Crippen LogP contribution in [0.4, 0.5) is 0 Å². The fraction of sp³-hybridized carbons (Fsp3) is 0.250. The Morgan fingerprint density at radius 1 is 1.06 bits per heavy atom. The molecule has 0 aromatic heterocycles. The van der Waals surface area contributed by atoms with E-state index in [1.807, 2.05) is 24.3 Å². The van der Waals surface area contributed by atoms with E-state index in [-0.39, 0.29) is 6.04 Å². The number of benzene rings is 2. The molecule has 2 N–H and O–H groups in total. The summed E-state index contributed by atoms with van der Waals surface area (Å²) in [5.41, 5.74) is 10.3. The third-order valence-corrected chi connectivity index (χ3v) is 4.22. The summed E-state index contributed by atoms with van der Waals surface area (Å²) in [6.45, 7) is 0.